The number of hydrogen-bond donors (Lipinski definition) is 0. The van der Waals surface area contributed by atoms with E-state index in [-0.39, 0.29) is 23.5 Å². The first-order valence-electron chi connectivity index (χ1n) is 5.52. The number of sulfone groups is 1. The normalized spacial score (nSPS) is 24.4. The van der Waals surface area contributed by atoms with E-state index in [4.69, 9.17) is 0 Å². The molecule has 1 unspecified atom stereocenters. The molecule has 1 saturated heterocycles. The molecule has 1 rings (SSSR count). The first kappa shape index (κ1) is 14.0. The molecule has 0 aliphatic carbocycles. The monoisotopic (exact) mass is 311 g/mol. The lowest BCUT2D eigenvalue weighted by Gasteiger charge is -2.33. The molecule has 0 spiro atoms. The first-order chi connectivity index (χ1) is 7.46. The Morgan fingerprint density at radius 1 is 1.44 bits per heavy atom. The number of rotatable bonds is 4. The largest absolute Gasteiger partial charge is 0.338 e. The van der Waals surface area contributed by atoms with Crippen molar-refractivity contribution in [2.75, 3.05) is 23.4 Å². The first-order valence-corrected chi connectivity index (χ1v) is 8.46. The van der Waals surface area contributed by atoms with Crippen LogP contribution in [-0.2, 0) is 14.6 Å². The van der Waals surface area contributed by atoms with Gasteiger partial charge >= 0.3 is 0 Å². The van der Waals surface area contributed by atoms with Crippen LogP contribution in [-0.4, -0.2) is 48.6 Å². The Bertz CT molecular complexity index is 342. The average Bonchev–Trinajstić information content (AvgIpc) is 2.16. The predicted molar refractivity (Wildman–Crippen MR) is 67.5 cm³/mol. The van der Waals surface area contributed by atoms with Crippen LogP contribution < -0.4 is 0 Å². The fraction of sp³-hybridized carbons (Fsp3) is 0.900. The molecular formula is C10H18BrNO3S. The van der Waals surface area contributed by atoms with Gasteiger partial charge in [0.25, 0.3) is 0 Å². The summed E-state index contributed by atoms with van der Waals surface area (Å²) in [4.78, 5) is 13.5. The average molecular weight is 312 g/mol. The summed E-state index contributed by atoms with van der Waals surface area (Å²) in [5, 5.41) is 0.907. The number of carbonyl (C=O) groups excluding carboxylic acids is 1. The van der Waals surface area contributed by atoms with E-state index in [1.807, 2.05) is 0 Å². The van der Waals surface area contributed by atoms with Gasteiger partial charge in [-0.25, -0.2) is 8.42 Å². The summed E-state index contributed by atoms with van der Waals surface area (Å²) in [6.07, 6.45) is 2.36. The fourth-order valence-corrected chi connectivity index (χ4v) is 3.84. The summed E-state index contributed by atoms with van der Waals surface area (Å²) in [7, 11) is -2.92. The number of hydrogen-bond acceptors (Lipinski definition) is 3. The zero-order valence-corrected chi connectivity index (χ0v) is 11.9. The molecule has 1 atom stereocenters. The summed E-state index contributed by atoms with van der Waals surface area (Å²) < 4.78 is 22.7. The van der Waals surface area contributed by atoms with Gasteiger partial charge in [0.05, 0.1) is 11.5 Å². The van der Waals surface area contributed by atoms with Crippen LogP contribution in [0.15, 0.2) is 0 Å². The van der Waals surface area contributed by atoms with E-state index < -0.39 is 9.84 Å². The van der Waals surface area contributed by atoms with Crippen LogP contribution in [0, 0.1) is 0 Å². The van der Waals surface area contributed by atoms with Crippen molar-refractivity contribution < 1.29 is 13.2 Å². The van der Waals surface area contributed by atoms with Crippen molar-refractivity contribution >= 4 is 31.7 Å². The quantitative estimate of drug-likeness (QED) is 0.579. The van der Waals surface area contributed by atoms with Crippen LogP contribution >= 0.6 is 15.9 Å². The van der Waals surface area contributed by atoms with Crippen LogP contribution in [0.5, 0.6) is 0 Å². The molecule has 6 heteroatoms. The lowest BCUT2D eigenvalue weighted by molar-refractivity contribution is -0.132. The molecule has 1 heterocycles. The van der Waals surface area contributed by atoms with Gasteiger partial charge in [0.2, 0.25) is 5.91 Å². The van der Waals surface area contributed by atoms with E-state index in [0.29, 0.717) is 13.0 Å². The minimum atomic E-state index is -2.92. The maximum Gasteiger partial charge on any atom is 0.222 e. The molecule has 16 heavy (non-hydrogen) atoms. The molecule has 0 aromatic carbocycles. The summed E-state index contributed by atoms with van der Waals surface area (Å²) in [6, 6.07) is -0.171. The van der Waals surface area contributed by atoms with E-state index in [0.717, 1.165) is 18.2 Å². The van der Waals surface area contributed by atoms with Gasteiger partial charge in [-0.1, -0.05) is 15.9 Å². The predicted octanol–water partition coefficient (Wildman–Crippen LogP) is 1.20. The van der Waals surface area contributed by atoms with E-state index >= 15 is 0 Å². The van der Waals surface area contributed by atoms with E-state index in [1.165, 1.54) is 0 Å². The Labute approximate surface area is 105 Å². The molecule has 0 radical (unpaired) electrons. The van der Waals surface area contributed by atoms with E-state index in [2.05, 4.69) is 15.9 Å². The molecule has 0 aromatic heterocycles. The van der Waals surface area contributed by atoms with Gasteiger partial charge in [-0.15, -0.1) is 0 Å². The highest BCUT2D eigenvalue weighted by Gasteiger charge is 2.30. The third-order valence-corrected chi connectivity index (χ3v) is 5.12. The number of unbranched alkanes of at least 4 members (excludes halogenated alkanes) is 1. The summed E-state index contributed by atoms with van der Waals surface area (Å²) in [5.74, 6) is 0.307. The number of halogens is 1. The van der Waals surface area contributed by atoms with Gasteiger partial charge in [-0.2, -0.15) is 0 Å². The molecule has 1 fully saturated rings. The number of alkyl halides is 1. The molecule has 1 aliphatic rings. The van der Waals surface area contributed by atoms with Gasteiger partial charge in [0, 0.05) is 24.3 Å². The van der Waals surface area contributed by atoms with E-state index in [9.17, 15) is 13.2 Å². The van der Waals surface area contributed by atoms with Gasteiger partial charge in [0.1, 0.15) is 0 Å². The topological polar surface area (TPSA) is 54.5 Å². The van der Waals surface area contributed by atoms with Crippen LogP contribution in [0.1, 0.15) is 26.2 Å². The highest BCUT2D eigenvalue weighted by molar-refractivity contribution is 9.09. The van der Waals surface area contributed by atoms with Gasteiger partial charge in [-0.3, -0.25) is 4.79 Å². The van der Waals surface area contributed by atoms with Crippen molar-refractivity contribution in [1.82, 2.24) is 4.90 Å². The fourth-order valence-electron chi connectivity index (χ4n) is 1.88. The van der Waals surface area contributed by atoms with Crippen molar-refractivity contribution in [3.8, 4) is 0 Å². The molecule has 0 N–H and O–H groups in total. The second kappa shape index (κ2) is 6.00. The maximum atomic E-state index is 11.8. The van der Waals surface area contributed by atoms with Crippen LogP contribution in [0.4, 0.5) is 0 Å². The van der Waals surface area contributed by atoms with Gasteiger partial charge < -0.3 is 4.90 Å². The summed E-state index contributed by atoms with van der Waals surface area (Å²) in [6.45, 7) is 2.16. The van der Waals surface area contributed by atoms with Crippen molar-refractivity contribution in [3.63, 3.8) is 0 Å². The van der Waals surface area contributed by atoms with Gasteiger partial charge in [-0.05, 0) is 19.8 Å². The third-order valence-electron chi connectivity index (χ3n) is 2.77. The zero-order valence-electron chi connectivity index (χ0n) is 9.49. The molecule has 4 nitrogen and oxygen atoms in total. The Kier molecular flexibility index (Phi) is 5.24. The third kappa shape index (κ3) is 4.05. The lowest BCUT2D eigenvalue weighted by Crippen LogP contribution is -2.49. The molecule has 0 aromatic rings. The highest BCUT2D eigenvalue weighted by atomic mass is 79.9. The molecule has 0 saturated carbocycles. The Hall–Kier alpha value is -0.100. The minimum Gasteiger partial charge on any atom is -0.338 e. The summed E-state index contributed by atoms with van der Waals surface area (Å²) in [5.41, 5.74) is 0. The molecule has 1 amide bonds. The number of nitrogens with zero attached hydrogens (tertiary/aromatic N) is 1. The van der Waals surface area contributed by atoms with Gasteiger partial charge in [0.15, 0.2) is 9.84 Å². The number of carbonyl (C=O) groups is 1. The standard InChI is InChI=1S/C10H18BrNO3S/c1-9-8-16(14,15)7-6-12(9)10(13)4-2-3-5-11/h9H,2-8H2,1H3. The lowest BCUT2D eigenvalue weighted by atomic mass is 10.2. The van der Waals surface area contributed by atoms with Crippen LogP contribution in [0.3, 0.4) is 0 Å². The second-order valence-electron chi connectivity index (χ2n) is 4.20. The van der Waals surface area contributed by atoms with E-state index in [1.54, 1.807) is 11.8 Å². The second-order valence-corrected chi connectivity index (χ2v) is 7.22. The van der Waals surface area contributed by atoms with Crippen molar-refractivity contribution in [1.29, 1.82) is 0 Å². The van der Waals surface area contributed by atoms with Crippen LogP contribution in [0.25, 0.3) is 0 Å². The number of amides is 1. The highest BCUT2D eigenvalue weighted by Crippen LogP contribution is 2.14. The zero-order chi connectivity index (χ0) is 12.2. The SMILES string of the molecule is CC1CS(=O)(=O)CCN1C(=O)CCCCBr. The Morgan fingerprint density at radius 3 is 2.69 bits per heavy atom. The Morgan fingerprint density at radius 2 is 2.12 bits per heavy atom. The molecule has 0 bridgehead atoms. The Balaban J connectivity index is 2.46. The molecule has 94 valence electrons. The maximum absolute atomic E-state index is 11.8. The summed E-state index contributed by atoms with van der Waals surface area (Å²) >= 11 is 3.32. The smallest absolute Gasteiger partial charge is 0.222 e. The minimum absolute atomic E-state index is 0.0864. The van der Waals surface area contributed by atoms with Crippen molar-refractivity contribution in [3.05, 3.63) is 0 Å². The van der Waals surface area contributed by atoms with Crippen LogP contribution in [0.2, 0.25) is 0 Å². The van der Waals surface area contributed by atoms with Crippen molar-refractivity contribution in [2.24, 2.45) is 0 Å². The molecular weight excluding hydrogens is 294 g/mol. The molecule has 1 aliphatic heterocycles. The van der Waals surface area contributed by atoms with Crippen molar-refractivity contribution in [2.45, 2.75) is 32.2 Å².